The predicted octanol–water partition coefficient (Wildman–Crippen LogP) is 2.63. The molecule has 0 spiro atoms. The van der Waals surface area contributed by atoms with E-state index in [4.69, 9.17) is 5.26 Å². The van der Waals surface area contributed by atoms with Gasteiger partial charge in [0.2, 0.25) is 10.0 Å². The first-order chi connectivity index (χ1) is 12.9. The Bertz CT molecular complexity index is 906. The summed E-state index contributed by atoms with van der Waals surface area (Å²) in [5.41, 5.74) is 1.49. The van der Waals surface area contributed by atoms with Crippen LogP contribution in [0.5, 0.6) is 0 Å². The Morgan fingerprint density at radius 1 is 1.15 bits per heavy atom. The van der Waals surface area contributed by atoms with Crippen LogP contribution in [-0.4, -0.2) is 26.9 Å². The van der Waals surface area contributed by atoms with Gasteiger partial charge in [0.15, 0.2) is 0 Å². The molecule has 6 nitrogen and oxygen atoms in total. The number of nitrogens with one attached hydrogen (secondary N) is 2. The van der Waals surface area contributed by atoms with Gasteiger partial charge < -0.3 is 5.32 Å². The molecule has 0 aliphatic rings. The van der Waals surface area contributed by atoms with Crippen molar-refractivity contribution in [3.05, 3.63) is 65.7 Å². The van der Waals surface area contributed by atoms with Crippen LogP contribution in [0.3, 0.4) is 0 Å². The number of nitriles is 1. The van der Waals surface area contributed by atoms with E-state index in [0.29, 0.717) is 0 Å². The first kappa shape index (κ1) is 20.6. The molecule has 2 aromatic carbocycles. The number of carbonyl (C=O) groups is 1. The van der Waals surface area contributed by atoms with Gasteiger partial charge in [-0.05, 0) is 43.5 Å². The molecule has 1 amide bonds. The summed E-state index contributed by atoms with van der Waals surface area (Å²) >= 11 is 0. The number of hydrogen-bond acceptors (Lipinski definition) is 4. The van der Waals surface area contributed by atoms with Crippen LogP contribution in [0, 0.1) is 11.3 Å². The fourth-order valence-electron chi connectivity index (χ4n) is 2.54. The molecule has 0 aromatic heterocycles. The number of carbonyl (C=O) groups excluding carboxylic acids is 1. The molecule has 1 atom stereocenters. The number of nitrogens with zero attached hydrogens (tertiary/aromatic N) is 1. The topological polar surface area (TPSA) is 99.1 Å². The Balaban J connectivity index is 1.97. The molecule has 0 saturated heterocycles. The van der Waals surface area contributed by atoms with Crippen LogP contribution in [-0.2, 0) is 16.4 Å². The van der Waals surface area contributed by atoms with E-state index in [1.54, 1.807) is 6.07 Å². The second-order valence-electron chi connectivity index (χ2n) is 6.23. The van der Waals surface area contributed by atoms with Crippen molar-refractivity contribution in [1.82, 2.24) is 10.0 Å². The Morgan fingerprint density at radius 3 is 2.59 bits per heavy atom. The number of sulfonamides is 1. The van der Waals surface area contributed by atoms with Crippen LogP contribution >= 0.6 is 0 Å². The quantitative estimate of drug-likeness (QED) is 0.648. The van der Waals surface area contributed by atoms with E-state index in [2.05, 4.69) is 10.0 Å². The standard InChI is InChI=1S/C20H23N3O3S/c1-16(11-12-17-7-3-2-4-8-17)23-20(24)18-9-5-10-19(15-18)27(25,26)22-14-6-13-21/h2-5,7-10,15-16,22H,6,11-12,14H2,1H3,(H,23,24). The molecule has 142 valence electrons. The monoisotopic (exact) mass is 385 g/mol. The summed E-state index contributed by atoms with van der Waals surface area (Å²) in [6, 6.07) is 17.7. The predicted molar refractivity (Wildman–Crippen MR) is 104 cm³/mol. The molecule has 7 heteroatoms. The molecular formula is C20H23N3O3S. The van der Waals surface area contributed by atoms with Crippen LogP contribution in [0.4, 0.5) is 0 Å². The van der Waals surface area contributed by atoms with Gasteiger partial charge in [-0.25, -0.2) is 13.1 Å². The minimum atomic E-state index is -3.74. The third-order valence-electron chi connectivity index (χ3n) is 4.02. The molecule has 0 fully saturated rings. The van der Waals surface area contributed by atoms with Crippen LogP contribution in [0.15, 0.2) is 59.5 Å². The van der Waals surface area contributed by atoms with E-state index in [-0.39, 0.29) is 35.4 Å². The van der Waals surface area contributed by atoms with Crippen LogP contribution < -0.4 is 10.0 Å². The maximum Gasteiger partial charge on any atom is 0.251 e. The summed E-state index contributed by atoms with van der Waals surface area (Å²) in [7, 11) is -3.74. The average Bonchev–Trinajstić information content (AvgIpc) is 2.67. The van der Waals surface area contributed by atoms with Crippen LogP contribution in [0.2, 0.25) is 0 Å². The van der Waals surface area contributed by atoms with E-state index < -0.39 is 10.0 Å². The van der Waals surface area contributed by atoms with Crippen molar-refractivity contribution in [2.75, 3.05) is 6.54 Å². The summed E-state index contributed by atoms with van der Waals surface area (Å²) in [6.07, 6.45) is 1.71. The third kappa shape index (κ3) is 6.51. The molecule has 0 heterocycles. The van der Waals surface area contributed by atoms with Gasteiger partial charge in [-0.1, -0.05) is 36.4 Å². The van der Waals surface area contributed by atoms with E-state index >= 15 is 0 Å². The second-order valence-corrected chi connectivity index (χ2v) is 8.00. The van der Waals surface area contributed by atoms with Gasteiger partial charge in [0.25, 0.3) is 5.91 Å². The van der Waals surface area contributed by atoms with E-state index in [0.717, 1.165) is 12.8 Å². The van der Waals surface area contributed by atoms with Crippen molar-refractivity contribution in [1.29, 1.82) is 5.26 Å². The van der Waals surface area contributed by atoms with Crippen molar-refractivity contribution in [3.63, 3.8) is 0 Å². The first-order valence-corrected chi connectivity index (χ1v) is 10.2. The number of aryl methyl sites for hydroxylation is 1. The zero-order valence-corrected chi connectivity index (χ0v) is 16.0. The normalized spacial score (nSPS) is 12.1. The second kappa shape index (κ2) is 9.86. The van der Waals surface area contributed by atoms with Crippen molar-refractivity contribution in [3.8, 4) is 6.07 Å². The molecule has 2 rings (SSSR count). The highest BCUT2D eigenvalue weighted by atomic mass is 32.2. The Hall–Kier alpha value is -2.69. The lowest BCUT2D eigenvalue weighted by Crippen LogP contribution is -2.33. The SMILES string of the molecule is CC(CCc1ccccc1)NC(=O)c1cccc(S(=O)(=O)NCCC#N)c1. The number of hydrogen-bond donors (Lipinski definition) is 2. The molecule has 2 N–H and O–H groups in total. The summed E-state index contributed by atoms with van der Waals surface area (Å²) < 4.78 is 26.8. The molecule has 0 aliphatic carbocycles. The molecule has 0 saturated carbocycles. The molecule has 0 radical (unpaired) electrons. The van der Waals surface area contributed by atoms with Crippen molar-refractivity contribution in [2.45, 2.75) is 37.1 Å². The fourth-order valence-corrected chi connectivity index (χ4v) is 3.61. The zero-order chi connectivity index (χ0) is 19.7. The highest BCUT2D eigenvalue weighted by Gasteiger charge is 2.16. The summed E-state index contributed by atoms with van der Waals surface area (Å²) in [6.45, 7) is 1.96. The molecule has 27 heavy (non-hydrogen) atoms. The molecule has 1 unspecified atom stereocenters. The third-order valence-corrected chi connectivity index (χ3v) is 5.48. The van der Waals surface area contributed by atoms with Gasteiger partial charge in [-0.3, -0.25) is 4.79 Å². The van der Waals surface area contributed by atoms with Gasteiger partial charge in [-0.2, -0.15) is 5.26 Å². The van der Waals surface area contributed by atoms with Gasteiger partial charge in [-0.15, -0.1) is 0 Å². The van der Waals surface area contributed by atoms with Crippen molar-refractivity contribution in [2.24, 2.45) is 0 Å². The maximum absolute atomic E-state index is 12.4. The lowest BCUT2D eigenvalue weighted by molar-refractivity contribution is 0.0938. The van der Waals surface area contributed by atoms with Crippen molar-refractivity contribution >= 4 is 15.9 Å². The average molecular weight is 385 g/mol. The minimum absolute atomic E-state index is 0.00466. The molecule has 0 bridgehead atoms. The van der Waals surface area contributed by atoms with Gasteiger partial charge in [0.05, 0.1) is 11.0 Å². The number of rotatable bonds is 9. The van der Waals surface area contributed by atoms with E-state index in [1.165, 1.54) is 23.8 Å². The molecular weight excluding hydrogens is 362 g/mol. The molecule has 2 aromatic rings. The highest BCUT2D eigenvalue weighted by Crippen LogP contribution is 2.12. The van der Waals surface area contributed by atoms with E-state index in [9.17, 15) is 13.2 Å². The summed E-state index contributed by atoms with van der Waals surface area (Å²) in [5, 5.41) is 11.4. The molecule has 0 aliphatic heterocycles. The lowest BCUT2D eigenvalue weighted by atomic mass is 10.1. The Labute approximate surface area is 160 Å². The Morgan fingerprint density at radius 2 is 1.89 bits per heavy atom. The van der Waals surface area contributed by atoms with Gasteiger partial charge >= 0.3 is 0 Å². The zero-order valence-electron chi connectivity index (χ0n) is 15.2. The first-order valence-electron chi connectivity index (χ1n) is 8.74. The van der Waals surface area contributed by atoms with Crippen LogP contribution in [0.1, 0.15) is 35.7 Å². The lowest BCUT2D eigenvalue weighted by Gasteiger charge is -2.14. The fraction of sp³-hybridized carbons (Fsp3) is 0.300. The number of benzene rings is 2. The summed E-state index contributed by atoms with van der Waals surface area (Å²) in [5.74, 6) is -0.315. The Kier molecular flexibility index (Phi) is 7.53. The highest BCUT2D eigenvalue weighted by molar-refractivity contribution is 7.89. The van der Waals surface area contributed by atoms with Gasteiger partial charge in [0.1, 0.15) is 0 Å². The largest absolute Gasteiger partial charge is 0.350 e. The maximum atomic E-state index is 12.4. The van der Waals surface area contributed by atoms with Crippen LogP contribution in [0.25, 0.3) is 0 Å². The van der Waals surface area contributed by atoms with Gasteiger partial charge in [0, 0.05) is 24.6 Å². The summed E-state index contributed by atoms with van der Waals surface area (Å²) in [4.78, 5) is 12.4. The van der Waals surface area contributed by atoms with Crippen molar-refractivity contribution < 1.29 is 13.2 Å². The smallest absolute Gasteiger partial charge is 0.251 e. The number of amides is 1. The van der Waals surface area contributed by atoms with E-state index in [1.807, 2.05) is 43.3 Å². The minimum Gasteiger partial charge on any atom is -0.350 e.